The summed E-state index contributed by atoms with van der Waals surface area (Å²) < 4.78 is 0. The highest BCUT2D eigenvalue weighted by molar-refractivity contribution is 5.54. The highest BCUT2D eigenvalue weighted by Gasteiger charge is 2.25. The minimum Gasteiger partial charge on any atom is -0.395 e. The fraction of sp³-hybridized carbons (Fsp3) is 0.583. The first-order valence-corrected chi connectivity index (χ1v) is 6.41. The molecule has 1 aliphatic carbocycles. The molecule has 0 aromatic carbocycles. The number of nitrogen functional groups attached to an aromatic ring is 1. The summed E-state index contributed by atoms with van der Waals surface area (Å²) in [5.41, 5.74) is 5.56. The van der Waals surface area contributed by atoms with Crippen molar-refractivity contribution in [3.8, 4) is 0 Å². The van der Waals surface area contributed by atoms with Crippen LogP contribution in [-0.2, 0) is 0 Å². The fourth-order valence-corrected chi connectivity index (χ4v) is 2.58. The van der Waals surface area contributed by atoms with Crippen molar-refractivity contribution in [3.63, 3.8) is 0 Å². The van der Waals surface area contributed by atoms with E-state index < -0.39 is 4.92 Å². The van der Waals surface area contributed by atoms with Gasteiger partial charge in [-0.25, -0.2) is 4.98 Å². The SMILES string of the molecule is Nc1cc([N+](=O)[O-])cc(N(CCO)C2CCCC2)n1. The van der Waals surface area contributed by atoms with Crippen molar-refractivity contribution in [1.29, 1.82) is 0 Å². The Labute approximate surface area is 111 Å². The summed E-state index contributed by atoms with van der Waals surface area (Å²) in [6.07, 6.45) is 4.31. The number of rotatable bonds is 5. The zero-order valence-corrected chi connectivity index (χ0v) is 10.7. The Balaban J connectivity index is 2.32. The van der Waals surface area contributed by atoms with E-state index in [4.69, 9.17) is 5.73 Å². The van der Waals surface area contributed by atoms with E-state index >= 15 is 0 Å². The summed E-state index contributed by atoms with van der Waals surface area (Å²) in [6, 6.07) is 2.95. The van der Waals surface area contributed by atoms with Crippen LogP contribution >= 0.6 is 0 Å². The maximum Gasteiger partial charge on any atom is 0.276 e. The summed E-state index contributed by atoms with van der Waals surface area (Å²) in [6.45, 7) is 0.402. The molecule has 0 unspecified atom stereocenters. The van der Waals surface area contributed by atoms with E-state index in [2.05, 4.69) is 4.98 Å². The number of hydrogen-bond acceptors (Lipinski definition) is 6. The number of nitrogens with two attached hydrogens (primary N) is 1. The van der Waals surface area contributed by atoms with E-state index in [1.54, 1.807) is 0 Å². The first-order chi connectivity index (χ1) is 9.11. The second kappa shape index (κ2) is 5.83. The molecule has 0 aliphatic heterocycles. The van der Waals surface area contributed by atoms with Gasteiger partial charge in [0.05, 0.1) is 23.7 Å². The molecule has 104 valence electrons. The lowest BCUT2D eigenvalue weighted by molar-refractivity contribution is -0.384. The van der Waals surface area contributed by atoms with Gasteiger partial charge in [-0.1, -0.05) is 12.8 Å². The predicted octanol–water partition coefficient (Wildman–Crippen LogP) is 1.31. The second-order valence-electron chi connectivity index (χ2n) is 4.72. The van der Waals surface area contributed by atoms with Crippen LogP contribution in [0.2, 0.25) is 0 Å². The number of aromatic nitrogens is 1. The van der Waals surface area contributed by atoms with Gasteiger partial charge in [-0.2, -0.15) is 0 Å². The Bertz CT molecular complexity index is 460. The van der Waals surface area contributed by atoms with Gasteiger partial charge >= 0.3 is 0 Å². The van der Waals surface area contributed by atoms with Crippen molar-refractivity contribution in [1.82, 2.24) is 4.98 Å². The number of hydrogen-bond donors (Lipinski definition) is 2. The highest BCUT2D eigenvalue weighted by atomic mass is 16.6. The van der Waals surface area contributed by atoms with Crippen LogP contribution in [0, 0.1) is 10.1 Å². The van der Waals surface area contributed by atoms with E-state index in [-0.39, 0.29) is 24.2 Å². The van der Waals surface area contributed by atoms with Gasteiger partial charge in [-0.15, -0.1) is 0 Å². The third-order valence-electron chi connectivity index (χ3n) is 3.43. The molecule has 3 N–H and O–H groups in total. The first-order valence-electron chi connectivity index (χ1n) is 6.41. The standard InChI is InChI=1S/C12H18N4O3/c13-11-7-10(16(18)19)8-12(14-11)15(5-6-17)9-3-1-2-4-9/h7-9,17H,1-6H2,(H2,13,14). The average Bonchev–Trinajstić information content (AvgIpc) is 2.88. The molecule has 1 saturated carbocycles. The number of nitro groups is 1. The molecular weight excluding hydrogens is 248 g/mol. The van der Waals surface area contributed by atoms with E-state index in [0.29, 0.717) is 12.4 Å². The normalized spacial score (nSPS) is 15.6. The van der Waals surface area contributed by atoms with E-state index in [9.17, 15) is 15.2 Å². The molecule has 1 heterocycles. The molecule has 0 spiro atoms. The molecule has 7 nitrogen and oxygen atoms in total. The Hall–Kier alpha value is -1.89. The van der Waals surface area contributed by atoms with Crippen LogP contribution in [0.4, 0.5) is 17.3 Å². The van der Waals surface area contributed by atoms with Crippen molar-refractivity contribution in [2.45, 2.75) is 31.7 Å². The molecule has 0 radical (unpaired) electrons. The van der Waals surface area contributed by atoms with Gasteiger partial charge in [0, 0.05) is 12.6 Å². The summed E-state index contributed by atoms with van der Waals surface area (Å²) in [5, 5.41) is 20.0. The topological polar surface area (TPSA) is 106 Å². The number of nitrogens with zero attached hydrogens (tertiary/aromatic N) is 3. The van der Waals surface area contributed by atoms with Crippen LogP contribution in [-0.4, -0.2) is 34.2 Å². The van der Waals surface area contributed by atoms with Crippen LogP contribution in [0.25, 0.3) is 0 Å². The van der Waals surface area contributed by atoms with Gasteiger partial charge in [0.15, 0.2) is 0 Å². The van der Waals surface area contributed by atoms with Gasteiger partial charge in [-0.05, 0) is 12.8 Å². The smallest absolute Gasteiger partial charge is 0.276 e. The van der Waals surface area contributed by atoms with Gasteiger partial charge in [0.2, 0.25) is 0 Å². The maximum absolute atomic E-state index is 10.9. The third-order valence-corrected chi connectivity index (χ3v) is 3.43. The number of aliphatic hydroxyl groups is 1. The molecule has 0 saturated heterocycles. The lowest BCUT2D eigenvalue weighted by Crippen LogP contribution is -2.36. The Morgan fingerprint density at radius 3 is 2.74 bits per heavy atom. The Morgan fingerprint density at radius 2 is 2.16 bits per heavy atom. The Morgan fingerprint density at radius 1 is 1.47 bits per heavy atom. The monoisotopic (exact) mass is 266 g/mol. The molecule has 0 atom stereocenters. The Kier molecular flexibility index (Phi) is 4.16. The van der Waals surface area contributed by atoms with E-state index in [1.165, 1.54) is 12.1 Å². The summed E-state index contributed by atoms with van der Waals surface area (Å²) >= 11 is 0. The number of aliphatic hydroxyl groups excluding tert-OH is 1. The predicted molar refractivity (Wildman–Crippen MR) is 72.0 cm³/mol. The van der Waals surface area contributed by atoms with Crippen LogP contribution in [0.15, 0.2) is 12.1 Å². The van der Waals surface area contributed by atoms with Gasteiger partial charge < -0.3 is 15.7 Å². The third kappa shape index (κ3) is 3.11. The van der Waals surface area contributed by atoms with Crippen molar-refractivity contribution in [2.24, 2.45) is 0 Å². The van der Waals surface area contributed by atoms with Crippen molar-refractivity contribution >= 4 is 17.3 Å². The highest BCUT2D eigenvalue weighted by Crippen LogP contribution is 2.29. The molecule has 19 heavy (non-hydrogen) atoms. The molecular formula is C12H18N4O3. The van der Waals surface area contributed by atoms with Crippen LogP contribution in [0.1, 0.15) is 25.7 Å². The lowest BCUT2D eigenvalue weighted by atomic mass is 10.2. The fourth-order valence-electron chi connectivity index (χ4n) is 2.58. The quantitative estimate of drug-likeness (QED) is 0.615. The molecule has 1 aliphatic rings. The van der Waals surface area contributed by atoms with Crippen LogP contribution in [0.3, 0.4) is 0 Å². The van der Waals surface area contributed by atoms with Crippen molar-refractivity contribution in [3.05, 3.63) is 22.2 Å². The van der Waals surface area contributed by atoms with E-state index in [0.717, 1.165) is 25.7 Å². The minimum absolute atomic E-state index is 0.0131. The zero-order chi connectivity index (χ0) is 13.8. The molecule has 0 amide bonds. The molecule has 1 aromatic rings. The molecule has 2 rings (SSSR count). The largest absolute Gasteiger partial charge is 0.395 e. The summed E-state index contributed by atoms with van der Waals surface area (Å²) in [7, 11) is 0. The van der Waals surface area contributed by atoms with Gasteiger partial charge in [0.25, 0.3) is 5.69 Å². The van der Waals surface area contributed by atoms with E-state index in [1.807, 2.05) is 4.90 Å². The van der Waals surface area contributed by atoms with Crippen molar-refractivity contribution in [2.75, 3.05) is 23.8 Å². The second-order valence-corrected chi connectivity index (χ2v) is 4.72. The maximum atomic E-state index is 10.9. The molecule has 1 fully saturated rings. The number of anilines is 2. The minimum atomic E-state index is -0.479. The van der Waals surface area contributed by atoms with Crippen LogP contribution < -0.4 is 10.6 Å². The molecule has 0 bridgehead atoms. The average molecular weight is 266 g/mol. The molecule has 1 aromatic heterocycles. The zero-order valence-electron chi connectivity index (χ0n) is 10.7. The number of pyridine rings is 1. The first kappa shape index (κ1) is 13.5. The molecule has 7 heteroatoms. The van der Waals surface area contributed by atoms with Gasteiger partial charge in [-0.3, -0.25) is 10.1 Å². The van der Waals surface area contributed by atoms with Crippen molar-refractivity contribution < 1.29 is 10.0 Å². The van der Waals surface area contributed by atoms with Gasteiger partial charge in [0.1, 0.15) is 11.6 Å². The summed E-state index contributed by atoms with van der Waals surface area (Å²) in [5.74, 6) is 0.609. The lowest BCUT2D eigenvalue weighted by Gasteiger charge is -2.29. The van der Waals surface area contributed by atoms with Crippen LogP contribution in [0.5, 0.6) is 0 Å². The summed E-state index contributed by atoms with van der Waals surface area (Å²) in [4.78, 5) is 16.5.